The molecule has 1 aromatic rings. The number of nitrogen functional groups attached to an aromatic ring is 1. The number of nitrogens with zero attached hydrogens (tertiary/aromatic N) is 2. The molecule has 1 heterocycles. The number of rotatable bonds is 6. The Kier molecular flexibility index (Phi) is 4.02. The van der Waals surface area contributed by atoms with Crippen LogP contribution in [0.15, 0.2) is 0 Å². The Balaban J connectivity index is 2.18. The van der Waals surface area contributed by atoms with Gasteiger partial charge in [-0.2, -0.15) is 11.8 Å². The highest BCUT2D eigenvalue weighted by molar-refractivity contribution is 7.99. The van der Waals surface area contributed by atoms with Gasteiger partial charge < -0.3 is 10.3 Å². The van der Waals surface area contributed by atoms with Gasteiger partial charge in [-0.1, -0.05) is 20.8 Å². The molecule has 2 rings (SSSR count). The predicted octanol–water partition coefficient (Wildman–Crippen LogP) is 3.22. The molecule has 17 heavy (non-hydrogen) atoms. The average Bonchev–Trinajstić information content (AvgIpc) is 3.05. The van der Waals surface area contributed by atoms with E-state index in [1.165, 1.54) is 24.4 Å². The van der Waals surface area contributed by atoms with Gasteiger partial charge in [0.1, 0.15) is 11.6 Å². The largest absolute Gasteiger partial charge is 0.384 e. The summed E-state index contributed by atoms with van der Waals surface area (Å²) in [5.41, 5.74) is 7.37. The predicted molar refractivity (Wildman–Crippen MR) is 75.7 cm³/mol. The Morgan fingerprint density at radius 3 is 2.71 bits per heavy atom. The van der Waals surface area contributed by atoms with Crippen molar-refractivity contribution < 1.29 is 0 Å². The fraction of sp³-hybridized carbons (Fsp3) is 0.769. The third-order valence-corrected chi connectivity index (χ3v) is 4.07. The van der Waals surface area contributed by atoms with Crippen LogP contribution < -0.4 is 5.73 Å². The summed E-state index contributed by atoms with van der Waals surface area (Å²) < 4.78 is 2.29. The third-order valence-electron chi connectivity index (χ3n) is 3.17. The number of aromatic nitrogens is 2. The van der Waals surface area contributed by atoms with Crippen molar-refractivity contribution in [1.29, 1.82) is 0 Å². The first-order valence-corrected chi connectivity index (χ1v) is 7.74. The van der Waals surface area contributed by atoms with Gasteiger partial charge in [0.05, 0.1) is 5.69 Å². The van der Waals surface area contributed by atoms with E-state index >= 15 is 0 Å². The molecule has 0 amide bonds. The van der Waals surface area contributed by atoms with E-state index in [2.05, 4.69) is 25.3 Å². The Hall–Kier alpha value is -0.640. The summed E-state index contributed by atoms with van der Waals surface area (Å²) in [6, 6.07) is 0.632. The van der Waals surface area contributed by atoms with Crippen LogP contribution >= 0.6 is 11.8 Å². The topological polar surface area (TPSA) is 43.8 Å². The number of nitrogens with two attached hydrogens (primary N) is 1. The molecule has 0 aromatic carbocycles. The molecule has 1 aliphatic carbocycles. The Bertz CT molecular complexity index is 380. The summed E-state index contributed by atoms with van der Waals surface area (Å²) in [5.74, 6) is 4.86. The average molecular weight is 253 g/mol. The van der Waals surface area contributed by atoms with Crippen LogP contribution in [-0.4, -0.2) is 21.1 Å². The van der Waals surface area contributed by atoms with Crippen LogP contribution in [0, 0.1) is 0 Å². The molecule has 0 atom stereocenters. The maximum Gasteiger partial charge on any atom is 0.127 e. The van der Waals surface area contributed by atoms with E-state index in [0.29, 0.717) is 12.0 Å². The molecule has 1 fully saturated rings. The zero-order chi connectivity index (χ0) is 12.4. The van der Waals surface area contributed by atoms with E-state index < -0.39 is 0 Å². The van der Waals surface area contributed by atoms with Gasteiger partial charge in [-0.25, -0.2) is 4.98 Å². The number of aryl methyl sites for hydroxylation is 1. The summed E-state index contributed by atoms with van der Waals surface area (Å²) in [7, 11) is 0. The zero-order valence-electron chi connectivity index (χ0n) is 11.1. The molecular weight excluding hydrogens is 230 g/mol. The van der Waals surface area contributed by atoms with E-state index in [9.17, 15) is 0 Å². The van der Waals surface area contributed by atoms with Crippen molar-refractivity contribution >= 4 is 17.6 Å². The summed E-state index contributed by atoms with van der Waals surface area (Å²) >= 11 is 1.95. The lowest BCUT2D eigenvalue weighted by molar-refractivity contribution is 0.646. The Labute approximate surface area is 108 Å². The monoisotopic (exact) mass is 253 g/mol. The van der Waals surface area contributed by atoms with E-state index in [1.807, 2.05) is 11.8 Å². The zero-order valence-corrected chi connectivity index (χ0v) is 11.9. The van der Waals surface area contributed by atoms with Crippen LogP contribution in [0.3, 0.4) is 0 Å². The molecule has 4 heteroatoms. The van der Waals surface area contributed by atoms with Crippen molar-refractivity contribution in [3.63, 3.8) is 0 Å². The fourth-order valence-corrected chi connectivity index (χ4v) is 2.76. The highest BCUT2D eigenvalue weighted by Crippen LogP contribution is 2.40. The van der Waals surface area contributed by atoms with Crippen LogP contribution in [0.4, 0.5) is 5.82 Å². The second-order valence-electron chi connectivity index (χ2n) is 5.00. The van der Waals surface area contributed by atoms with Crippen molar-refractivity contribution in [2.24, 2.45) is 0 Å². The third kappa shape index (κ3) is 2.79. The first-order valence-electron chi connectivity index (χ1n) is 6.59. The van der Waals surface area contributed by atoms with E-state index in [4.69, 9.17) is 10.7 Å². The second kappa shape index (κ2) is 5.34. The number of hydrogen-bond donors (Lipinski definition) is 1. The highest BCUT2D eigenvalue weighted by Gasteiger charge is 2.30. The molecule has 0 radical (unpaired) electrons. The lowest BCUT2D eigenvalue weighted by Gasteiger charge is -2.10. The maximum atomic E-state index is 6.26. The van der Waals surface area contributed by atoms with Crippen molar-refractivity contribution in [3.05, 3.63) is 11.5 Å². The van der Waals surface area contributed by atoms with Gasteiger partial charge in [0.15, 0.2) is 0 Å². The maximum absolute atomic E-state index is 6.26. The van der Waals surface area contributed by atoms with Gasteiger partial charge in [0.2, 0.25) is 0 Å². The van der Waals surface area contributed by atoms with Gasteiger partial charge in [0, 0.05) is 18.4 Å². The number of thioether (sulfide) groups is 1. The molecule has 1 saturated carbocycles. The minimum Gasteiger partial charge on any atom is -0.384 e. The molecule has 0 saturated heterocycles. The van der Waals surface area contributed by atoms with E-state index in [0.717, 1.165) is 23.7 Å². The van der Waals surface area contributed by atoms with Gasteiger partial charge in [0.25, 0.3) is 0 Å². The Morgan fingerprint density at radius 2 is 2.18 bits per heavy atom. The SMILES string of the molecule is CCSCCc1nc(C(C)C)n(C2CC2)c1N. The van der Waals surface area contributed by atoms with Gasteiger partial charge in [-0.3, -0.25) is 0 Å². The van der Waals surface area contributed by atoms with Gasteiger partial charge in [-0.05, 0) is 24.3 Å². The molecule has 96 valence electrons. The first kappa shape index (κ1) is 12.8. The normalized spacial score (nSPS) is 15.8. The van der Waals surface area contributed by atoms with Crippen molar-refractivity contribution in [2.45, 2.75) is 52.0 Å². The van der Waals surface area contributed by atoms with E-state index in [-0.39, 0.29) is 0 Å². The standard InChI is InChI=1S/C13H23N3S/c1-4-17-8-7-11-12(14)16(10-5-6-10)13(15-11)9(2)3/h9-10H,4-8,14H2,1-3H3. The van der Waals surface area contributed by atoms with Crippen molar-refractivity contribution in [3.8, 4) is 0 Å². The summed E-state index contributed by atoms with van der Waals surface area (Å²) in [6.07, 6.45) is 3.54. The van der Waals surface area contributed by atoms with Crippen LogP contribution in [0.5, 0.6) is 0 Å². The summed E-state index contributed by atoms with van der Waals surface area (Å²) in [5, 5.41) is 0. The van der Waals surface area contributed by atoms with Crippen LogP contribution in [0.2, 0.25) is 0 Å². The second-order valence-corrected chi connectivity index (χ2v) is 6.40. The number of imidazole rings is 1. The van der Waals surface area contributed by atoms with Crippen molar-refractivity contribution in [1.82, 2.24) is 9.55 Å². The lowest BCUT2D eigenvalue weighted by atomic mass is 10.2. The molecule has 0 spiro atoms. The number of anilines is 1. The molecule has 1 aromatic heterocycles. The molecular formula is C13H23N3S. The molecule has 0 unspecified atom stereocenters. The van der Waals surface area contributed by atoms with Crippen molar-refractivity contribution in [2.75, 3.05) is 17.2 Å². The molecule has 0 aliphatic heterocycles. The Morgan fingerprint density at radius 1 is 1.47 bits per heavy atom. The van der Waals surface area contributed by atoms with Crippen LogP contribution in [-0.2, 0) is 6.42 Å². The van der Waals surface area contributed by atoms with E-state index in [1.54, 1.807) is 0 Å². The van der Waals surface area contributed by atoms with Crippen LogP contribution in [0.25, 0.3) is 0 Å². The highest BCUT2D eigenvalue weighted by atomic mass is 32.2. The smallest absolute Gasteiger partial charge is 0.127 e. The fourth-order valence-electron chi connectivity index (χ4n) is 2.13. The van der Waals surface area contributed by atoms with Crippen LogP contribution in [0.1, 0.15) is 57.1 Å². The van der Waals surface area contributed by atoms with Gasteiger partial charge >= 0.3 is 0 Å². The van der Waals surface area contributed by atoms with Gasteiger partial charge in [-0.15, -0.1) is 0 Å². The molecule has 3 nitrogen and oxygen atoms in total. The molecule has 1 aliphatic rings. The minimum absolute atomic E-state index is 0.463. The first-order chi connectivity index (χ1) is 8.15. The number of hydrogen-bond acceptors (Lipinski definition) is 3. The minimum atomic E-state index is 0.463. The molecule has 0 bridgehead atoms. The summed E-state index contributed by atoms with van der Waals surface area (Å²) in [6.45, 7) is 6.59. The quantitative estimate of drug-likeness (QED) is 0.792. The lowest BCUT2D eigenvalue weighted by Crippen LogP contribution is -2.06. The summed E-state index contributed by atoms with van der Waals surface area (Å²) in [4.78, 5) is 4.77. The molecule has 2 N–H and O–H groups in total.